The molecule has 0 aliphatic carbocycles. The third kappa shape index (κ3) is 10.2. The van der Waals surface area contributed by atoms with E-state index >= 15 is 0 Å². The van der Waals surface area contributed by atoms with Gasteiger partial charge in [-0.3, -0.25) is 0 Å². The topological polar surface area (TPSA) is 40.5 Å². The SMILES string of the molecule is CCC/C=C/CC[C@H](C)[C@H](O)[C@@H](O)[C@@H](C)CC/C=C/CCC. The molecule has 0 heterocycles. The lowest BCUT2D eigenvalue weighted by Gasteiger charge is -2.28. The Morgan fingerprint density at radius 1 is 0.636 bits per heavy atom. The molecule has 0 aromatic heterocycles. The van der Waals surface area contributed by atoms with E-state index in [0.717, 1.165) is 38.5 Å². The lowest BCUT2D eigenvalue weighted by Crippen LogP contribution is -2.36. The highest BCUT2D eigenvalue weighted by Crippen LogP contribution is 2.21. The van der Waals surface area contributed by atoms with E-state index in [2.05, 4.69) is 38.2 Å². The van der Waals surface area contributed by atoms with Crippen molar-refractivity contribution in [3.8, 4) is 0 Å². The van der Waals surface area contributed by atoms with E-state index in [9.17, 15) is 10.2 Å². The summed E-state index contributed by atoms with van der Waals surface area (Å²) < 4.78 is 0. The zero-order valence-corrected chi connectivity index (χ0v) is 15.2. The van der Waals surface area contributed by atoms with Crippen molar-refractivity contribution in [2.75, 3.05) is 0 Å². The molecule has 130 valence electrons. The Kier molecular flexibility index (Phi) is 13.6. The summed E-state index contributed by atoms with van der Waals surface area (Å²) in [6.45, 7) is 8.42. The highest BCUT2D eigenvalue weighted by molar-refractivity contribution is 4.86. The maximum Gasteiger partial charge on any atom is 0.0827 e. The van der Waals surface area contributed by atoms with Crippen molar-refractivity contribution in [2.24, 2.45) is 11.8 Å². The zero-order chi connectivity index (χ0) is 16.8. The minimum absolute atomic E-state index is 0.138. The van der Waals surface area contributed by atoms with Gasteiger partial charge in [-0.25, -0.2) is 0 Å². The molecule has 0 aliphatic heterocycles. The fraction of sp³-hybridized carbons (Fsp3) is 0.800. The summed E-state index contributed by atoms with van der Waals surface area (Å²) in [5.41, 5.74) is 0. The molecule has 0 aromatic carbocycles. The van der Waals surface area contributed by atoms with Gasteiger partial charge in [0.25, 0.3) is 0 Å². The van der Waals surface area contributed by atoms with Crippen molar-refractivity contribution in [3.63, 3.8) is 0 Å². The second-order valence-corrected chi connectivity index (χ2v) is 6.61. The standard InChI is InChI=1S/C20H38O2/c1-5-7-9-11-13-15-17(3)19(21)20(22)18(4)16-14-12-10-8-6-2/h9-12,17-22H,5-8,13-16H2,1-4H3/b11-9+,12-10+/t17-,18-,19-,20-/m0/s1. The predicted molar refractivity (Wildman–Crippen MR) is 96.9 cm³/mol. The third-order valence-electron chi connectivity index (χ3n) is 4.34. The molecule has 0 unspecified atom stereocenters. The van der Waals surface area contributed by atoms with Crippen molar-refractivity contribution in [2.45, 2.75) is 91.3 Å². The quantitative estimate of drug-likeness (QED) is 0.456. The van der Waals surface area contributed by atoms with Crippen LogP contribution in [-0.2, 0) is 0 Å². The van der Waals surface area contributed by atoms with Gasteiger partial charge < -0.3 is 10.2 Å². The number of hydrogen-bond acceptors (Lipinski definition) is 2. The number of unbranched alkanes of at least 4 members (excludes halogenated alkanes) is 2. The first-order valence-corrected chi connectivity index (χ1v) is 9.20. The lowest BCUT2D eigenvalue weighted by molar-refractivity contribution is -0.0428. The van der Waals surface area contributed by atoms with Crippen LogP contribution in [0.1, 0.15) is 79.1 Å². The number of rotatable bonds is 13. The van der Waals surface area contributed by atoms with Crippen LogP contribution < -0.4 is 0 Å². The normalized spacial score (nSPS) is 17.9. The number of aliphatic hydroxyl groups excluding tert-OH is 2. The molecule has 0 rings (SSSR count). The first kappa shape index (κ1) is 21.4. The van der Waals surface area contributed by atoms with E-state index < -0.39 is 12.2 Å². The summed E-state index contributed by atoms with van der Waals surface area (Å²) in [7, 11) is 0. The summed E-state index contributed by atoms with van der Waals surface area (Å²) in [6.07, 6.45) is 16.0. The van der Waals surface area contributed by atoms with Gasteiger partial charge in [-0.1, -0.05) is 64.8 Å². The molecule has 2 nitrogen and oxygen atoms in total. The summed E-state index contributed by atoms with van der Waals surface area (Å²) in [4.78, 5) is 0. The van der Waals surface area contributed by atoms with Crippen molar-refractivity contribution < 1.29 is 10.2 Å². The van der Waals surface area contributed by atoms with E-state index in [4.69, 9.17) is 0 Å². The van der Waals surface area contributed by atoms with E-state index in [1.54, 1.807) is 0 Å². The van der Waals surface area contributed by atoms with Crippen molar-refractivity contribution in [3.05, 3.63) is 24.3 Å². The molecular weight excluding hydrogens is 272 g/mol. The Morgan fingerprint density at radius 3 is 1.27 bits per heavy atom. The van der Waals surface area contributed by atoms with E-state index in [1.807, 2.05) is 13.8 Å². The van der Waals surface area contributed by atoms with Crippen molar-refractivity contribution >= 4 is 0 Å². The van der Waals surface area contributed by atoms with Crippen LogP contribution >= 0.6 is 0 Å². The molecule has 0 saturated heterocycles. The van der Waals surface area contributed by atoms with Gasteiger partial charge in [0.05, 0.1) is 12.2 Å². The summed E-state index contributed by atoms with van der Waals surface area (Å²) in [5, 5.41) is 20.6. The Bertz CT molecular complexity index is 266. The Labute approximate surface area is 138 Å². The molecule has 4 atom stereocenters. The van der Waals surface area contributed by atoms with Crippen LogP contribution in [0.2, 0.25) is 0 Å². The molecule has 0 spiro atoms. The molecule has 22 heavy (non-hydrogen) atoms. The monoisotopic (exact) mass is 310 g/mol. The molecule has 0 aromatic rings. The first-order valence-electron chi connectivity index (χ1n) is 9.20. The van der Waals surface area contributed by atoms with Gasteiger partial charge in [-0.2, -0.15) is 0 Å². The Hall–Kier alpha value is -0.600. The molecule has 0 fully saturated rings. The van der Waals surface area contributed by atoms with Gasteiger partial charge in [0, 0.05) is 0 Å². The van der Waals surface area contributed by atoms with Crippen LogP contribution in [0, 0.1) is 11.8 Å². The zero-order valence-electron chi connectivity index (χ0n) is 15.2. The van der Waals surface area contributed by atoms with Gasteiger partial charge >= 0.3 is 0 Å². The van der Waals surface area contributed by atoms with Crippen LogP contribution in [-0.4, -0.2) is 22.4 Å². The highest BCUT2D eigenvalue weighted by atomic mass is 16.3. The van der Waals surface area contributed by atoms with Crippen molar-refractivity contribution in [1.29, 1.82) is 0 Å². The van der Waals surface area contributed by atoms with Crippen LogP contribution in [0.15, 0.2) is 24.3 Å². The van der Waals surface area contributed by atoms with E-state index in [-0.39, 0.29) is 11.8 Å². The molecule has 2 N–H and O–H groups in total. The first-order chi connectivity index (χ1) is 10.5. The maximum absolute atomic E-state index is 10.3. The minimum atomic E-state index is -0.616. The van der Waals surface area contributed by atoms with Crippen molar-refractivity contribution in [1.82, 2.24) is 0 Å². The van der Waals surface area contributed by atoms with Gasteiger partial charge in [0.15, 0.2) is 0 Å². The fourth-order valence-corrected chi connectivity index (χ4v) is 2.54. The van der Waals surface area contributed by atoms with E-state index in [1.165, 1.54) is 12.8 Å². The maximum atomic E-state index is 10.3. The number of hydrogen-bond donors (Lipinski definition) is 2. The average Bonchev–Trinajstić information content (AvgIpc) is 2.52. The smallest absolute Gasteiger partial charge is 0.0827 e. The Morgan fingerprint density at radius 2 is 0.955 bits per heavy atom. The minimum Gasteiger partial charge on any atom is -0.390 e. The fourth-order valence-electron chi connectivity index (χ4n) is 2.54. The molecule has 0 radical (unpaired) electrons. The summed E-state index contributed by atoms with van der Waals surface area (Å²) in [5.74, 6) is 0.277. The summed E-state index contributed by atoms with van der Waals surface area (Å²) >= 11 is 0. The van der Waals surface area contributed by atoms with Crippen LogP contribution in [0.4, 0.5) is 0 Å². The third-order valence-corrected chi connectivity index (χ3v) is 4.34. The van der Waals surface area contributed by atoms with Gasteiger partial charge in [0.2, 0.25) is 0 Å². The Balaban J connectivity index is 4.02. The molecule has 0 amide bonds. The van der Waals surface area contributed by atoms with E-state index in [0.29, 0.717) is 0 Å². The van der Waals surface area contributed by atoms with Gasteiger partial charge in [-0.15, -0.1) is 0 Å². The van der Waals surface area contributed by atoms with Gasteiger partial charge in [-0.05, 0) is 50.4 Å². The molecule has 0 saturated carbocycles. The average molecular weight is 311 g/mol. The number of aliphatic hydroxyl groups is 2. The van der Waals surface area contributed by atoms with Crippen LogP contribution in [0.5, 0.6) is 0 Å². The molecule has 0 bridgehead atoms. The largest absolute Gasteiger partial charge is 0.390 e. The second-order valence-electron chi connectivity index (χ2n) is 6.61. The van der Waals surface area contributed by atoms with Gasteiger partial charge in [0.1, 0.15) is 0 Å². The molecular formula is C20H38O2. The lowest BCUT2D eigenvalue weighted by atomic mass is 9.87. The molecule has 2 heteroatoms. The number of allylic oxidation sites excluding steroid dienone is 4. The second kappa shape index (κ2) is 14.0. The molecule has 0 aliphatic rings. The van der Waals surface area contributed by atoms with Crippen LogP contribution in [0.3, 0.4) is 0 Å². The predicted octanol–water partition coefficient (Wildman–Crippen LogP) is 5.25. The van der Waals surface area contributed by atoms with Crippen LogP contribution in [0.25, 0.3) is 0 Å². The highest BCUT2D eigenvalue weighted by Gasteiger charge is 2.26. The summed E-state index contributed by atoms with van der Waals surface area (Å²) in [6, 6.07) is 0.